The van der Waals surface area contributed by atoms with Crippen molar-refractivity contribution in [3.63, 3.8) is 0 Å². The van der Waals surface area contributed by atoms with Gasteiger partial charge < -0.3 is 36.8 Å². The summed E-state index contributed by atoms with van der Waals surface area (Å²) in [5, 5.41) is 24.5. The number of rotatable bonds is 9. The fourth-order valence-electron chi connectivity index (χ4n) is 4.19. The van der Waals surface area contributed by atoms with Gasteiger partial charge in [-0.25, -0.2) is 19.6 Å². The number of nitrogens with one attached hydrogen (secondary N) is 2. The van der Waals surface area contributed by atoms with E-state index in [1.165, 1.54) is 18.7 Å². The fraction of sp³-hybridized carbons (Fsp3) is 0.273. The molecule has 0 aliphatic carbocycles. The standard InChI is InChI=1S/C22H20ClN9O7S2/c1-7(19(35)36)39-30-12(11-15(23)41-22(25)29-11)16(33)28-13-17(34)32-14(20(37)38)8(6-40-18(13)32)4-31-3-2-9-10(5-31)27-21(24)26-9/h2-3,5,7,13,18H,4,6H2,1H3,(H7,24,25,27,28,29,33,35,36,37,38)/p+1/b30-12-/t7-,13+,18?/m0/s1. The Hall–Kier alpha value is -4.42. The molecule has 2 aliphatic rings. The highest BCUT2D eigenvalue weighted by atomic mass is 35.5. The van der Waals surface area contributed by atoms with E-state index in [0.717, 1.165) is 16.2 Å². The van der Waals surface area contributed by atoms with Gasteiger partial charge in [0.15, 0.2) is 35.7 Å². The molecule has 8 N–H and O–H groups in total. The molecule has 5 rings (SSSR count). The molecule has 1 fully saturated rings. The van der Waals surface area contributed by atoms with Gasteiger partial charge in [0.1, 0.15) is 38.2 Å². The predicted molar refractivity (Wildman–Crippen MR) is 147 cm³/mol. The Bertz CT molecular complexity index is 1670. The van der Waals surface area contributed by atoms with Crippen LogP contribution in [0.5, 0.6) is 0 Å². The first-order chi connectivity index (χ1) is 19.4. The minimum absolute atomic E-state index is 0.00850. The third kappa shape index (κ3) is 5.35. The fourth-order valence-corrected chi connectivity index (χ4v) is 6.45. The van der Waals surface area contributed by atoms with Gasteiger partial charge in [-0.15, -0.1) is 11.8 Å². The summed E-state index contributed by atoms with van der Waals surface area (Å²) in [5.74, 6) is -3.73. The van der Waals surface area contributed by atoms with Crippen LogP contribution in [0.25, 0.3) is 11.0 Å². The number of β-lactam (4-membered cyclic amide) rings is 1. The quantitative estimate of drug-likeness (QED) is 0.0783. The Balaban J connectivity index is 1.37. The first-order valence-electron chi connectivity index (χ1n) is 11.7. The maximum atomic E-state index is 13.2. The summed E-state index contributed by atoms with van der Waals surface area (Å²) in [6.45, 7) is 1.37. The Labute approximate surface area is 243 Å². The number of nitrogen functional groups attached to an aromatic ring is 2. The van der Waals surface area contributed by atoms with Crippen LogP contribution in [0.4, 0.5) is 11.1 Å². The lowest BCUT2D eigenvalue weighted by atomic mass is 10.0. The van der Waals surface area contributed by atoms with Crippen LogP contribution < -0.4 is 21.4 Å². The Kier molecular flexibility index (Phi) is 7.45. The maximum absolute atomic E-state index is 13.2. The number of pyridine rings is 1. The van der Waals surface area contributed by atoms with Crippen LogP contribution in [-0.4, -0.2) is 82.8 Å². The van der Waals surface area contributed by atoms with Crippen molar-refractivity contribution in [2.75, 3.05) is 17.2 Å². The average Bonchev–Trinajstić information content (AvgIpc) is 3.45. The molecule has 1 unspecified atom stereocenters. The third-order valence-corrected chi connectivity index (χ3v) is 8.52. The highest BCUT2D eigenvalue weighted by molar-refractivity contribution is 8.00. The zero-order valence-corrected chi connectivity index (χ0v) is 23.3. The molecule has 2 aliphatic heterocycles. The van der Waals surface area contributed by atoms with Crippen molar-refractivity contribution in [2.45, 2.75) is 31.0 Å². The van der Waals surface area contributed by atoms with Crippen molar-refractivity contribution in [2.24, 2.45) is 5.16 Å². The van der Waals surface area contributed by atoms with Gasteiger partial charge in [-0.3, -0.25) is 14.5 Å². The molecule has 3 aromatic rings. The number of amides is 2. The van der Waals surface area contributed by atoms with Crippen LogP contribution in [0, 0.1) is 0 Å². The second-order valence-corrected chi connectivity index (χ2v) is 11.6. The number of H-pyrrole nitrogens is 1. The molecular weight excluding hydrogens is 602 g/mol. The van der Waals surface area contributed by atoms with Gasteiger partial charge in [0.2, 0.25) is 6.10 Å². The van der Waals surface area contributed by atoms with E-state index in [4.69, 9.17) is 33.0 Å². The molecule has 0 saturated carbocycles. The van der Waals surface area contributed by atoms with Gasteiger partial charge in [-0.2, -0.15) is 4.57 Å². The van der Waals surface area contributed by atoms with E-state index >= 15 is 0 Å². The van der Waals surface area contributed by atoms with Crippen molar-refractivity contribution >= 4 is 86.3 Å². The molecule has 0 radical (unpaired) electrons. The van der Waals surface area contributed by atoms with E-state index in [0.29, 0.717) is 16.6 Å². The van der Waals surface area contributed by atoms with Crippen LogP contribution in [0.2, 0.25) is 4.34 Å². The first-order valence-corrected chi connectivity index (χ1v) is 13.9. The number of hydrogen-bond donors (Lipinski definition) is 6. The number of fused-ring (bicyclic) bond motifs is 2. The maximum Gasteiger partial charge on any atom is 0.352 e. The van der Waals surface area contributed by atoms with E-state index < -0.39 is 47.0 Å². The number of aromatic amines is 1. The summed E-state index contributed by atoms with van der Waals surface area (Å²) >= 11 is 8.26. The summed E-state index contributed by atoms with van der Waals surface area (Å²) in [6.07, 6.45) is 2.04. The topological polar surface area (TPSA) is 243 Å². The first kappa shape index (κ1) is 28.1. The number of oxime groups is 1. The normalized spacial score (nSPS) is 19.5. The number of carboxylic acid groups (broad SMARTS) is 2. The molecule has 3 atom stereocenters. The number of hydrogen-bond acceptors (Lipinski definition) is 12. The van der Waals surface area contributed by atoms with Gasteiger partial charge in [0.25, 0.3) is 11.8 Å². The van der Waals surface area contributed by atoms with Gasteiger partial charge in [-0.05, 0) is 6.92 Å². The number of carboxylic acids is 2. The summed E-state index contributed by atoms with van der Waals surface area (Å²) < 4.78 is 1.73. The third-order valence-electron chi connectivity index (χ3n) is 6.10. The monoisotopic (exact) mass is 622 g/mol. The zero-order chi connectivity index (χ0) is 29.6. The summed E-state index contributed by atoms with van der Waals surface area (Å²) in [6, 6.07) is 0.613. The Morgan fingerprint density at radius 2 is 2.12 bits per heavy atom. The molecule has 41 heavy (non-hydrogen) atoms. The van der Waals surface area contributed by atoms with Crippen LogP contribution in [0.3, 0.4) is 0 Å². The van der Waals surface area contributed by atoms with Crippen molar-refractivity contribution in [3.05, 3.63) is 39.8 Å². The van der Waals surface area contributed by atoms with Crippen molar-refractivity contribution in [1.82, 2.24) is 25.2 Å². The van der Waals surface area contributed by atoms with Gasteiger partial charge >= 0.3 is 11.9 Å². The van der Waals surface area contributed by atoms with Gasteiger partial charge in [0.05, 0.1) is 0 Å². The Morgan fingerprint density at radius 1 is 1.37 bits per heavy atom. The zero-order valence-electron chi connectivity index (χ0n) is 20.9. The molecule has 16 nitrogen and oxygen atoms in total. The highest BCUT2D eigenvalue weighted by Crippen LogP contribution is 2.40. The molecule has 5 heterocycles. The number of carbonyl (C=O) groups excluding carboxylic acids is 2. The SMILES string of the molecule is C[C@H](O/N=C(\C(=O)N[C@@H]1C(=O)N2C(C(=O)O)=C(C[n+]3ccc4nc(N)[nH]c4c3)CSC12)c1nc(N)sc1Cl)C(=O)O. The molecule has 1 saturated heterocycles. The van der Waals surface area contributed by atoms with Gasteiger partial charge in [-0.1, -0.05) is 28.1 Å². The molecule has 19 heteroatoms. The Morgan fingerprint density at radius 3 is 2.78 bits per heavy atom. The molecular formula is C22H21ClN9O7S2+. The van der Waals surface area contributed by atoms with E-state index in [1.807, 2.05) is 0 Å². The molecule has 214 valence electrons. The minimum Gasteiger partial charge on any atom is -0.478 e. The number of nitrogens with zero attached hydrogens (tertiary/aromatic N) is 5. The summed E-state index contributed by atoms with van der Waals surface area (Å²) in [4.78, 5) is 66.8. The molecule has 0 aromatic carbocycles. The van der Waals surface area contributed by atoms with Crippen molar-refractivity contribution < 1.29 is 38.8 Å². The molecule has 0 bridgehead atoms. The number of halogens is 1. The smallest absolute Gasteiger partial charge is 0.352 e. The summed E-state index contributed by atoms with van der Waals surface area (Å²) in [7, 11) is 0. The number of imidazole rings is 1. The average molecular weight is 623 g/mol. The summed E-state index contributed by atoms with van der Waals surface area (Å²) in [5.41, 5.74) is 12.3. The van der Waals surface area contributed by atoms with Crippen molar-refractivity contribution in [3.8, 4) is 0 Å². The number of anilines is 2. The lowest BCUT2D eigenvalue weighted by Crippen LogP contribution is -2.71. The second-order valence-electron chi connectivity index (χ2n) is 8.86. The van der Waals surface area contributed by atoms with E-state index in [2.05, 4.69) is 25.4 Å². The molecule has 0 spiro atoms. The lowest BCUT2D eigenvalue weighted by molar-refractivity contribution is -0.687. The largest absolute Gasteiger partial charge is 0.478 e. The van der Waals surface area contributed by atoms with Crippen molar-refractivity contribution in [1.29, 1.82) is 0 Å². The number of thioether (sulfide) groups is 1. The van der Waals surface area contributed by atoms with E-state index in [-0.39, 0.29) is 39.1 Å². The lowest BCUT2D eigenvalue weighted by Gasteiger charge is -2.49. The number of carbonyl (C=O) groups is 4. The highest BCUT2D eigenvalue weighted by Gasteiger charge is 2.55. The van der Waals surface area contributed by atoms with Crippen LogP contribution in [0.15, 0.2) is 34.9 Å². The van der Waals surface area contributed by atoms with E-state index in [1.54, 1.807) is 23.0 Å². The number of thiazole rings is 1. The minimum atomic E-state index is -1.41. The van der Waals surface area contributed by atoms with Crippen LogP contribution in [-0.2, 0) is 30.6 Å². The predicted octanol–water partition coefficient (Wildman–Crippen LogP) is -0.243. The number of aromatic nitrogens is 4. The number of aliphatic carboxylic acids is 2. The second kappa shape index (κ2) is 10.9. The van der Waals surface area contributed by atoms with E-state index in [9.17, 15) is 24.3 Å². The molecule has 2 amide bonds. The van der Waals surface area contributed by atoms with Crippen LogP contribution >= 0.6 is 34.7 Å². The number of nitrogens with two attached hydrogens (primary N) is 2. The molecule has 3 aromatic heterocycles. The van der Waals surface area contributed by atoms with Gasteiger partial charge in [0, 0.05) is 17.4 Å². The van der Waals surface area contributed by atoms with Crippen LogP contribution in [0.1, 0.15) is 12.6 Å².